The molecule has 23 heavy (non-hydrogen) atoms. The number of Topliss-reactive ketones (excluding diaryl/α,β-unsaturated/α-hetero) is 1. The Morgan fingerprint density at radius 1 is 1.04 bits per heavy atom. The van der Waals surface area contributed by atoms with Crippen molar-refractivity contribution in [1.82, 2.24) is 0 Å². The molecule has 2 saturated carbocycles. The van der Waals surface area contributed by atoms with E-state index in [1.807, 2.05) is 0 Å². The second kappa shape index (κ2) is 8.71. The van der Waals surface area contributed by atoms with E-state index in [0.29, 0.717) is 21.9 Å². The third-order valence-corrected chi connectivity index (χ3v) is 7.82. The molecular formula is C14H24F3O4S2+. The molecule has 0 aliphatic heterocycles. The van der Waals surface area contributed by atoms with Crippen LogP contribution in [0.2, 0.25) is 0 Å². The molecule has 4 nitrogen and oxygen atoms in total. The number of rotatable bonds is 2. The van der Waals surface area contributed by atoms with Gasteiger partial charge in [-0.15, -0.1) is 0 Å². The molecule has 0 heterocycles. The van der Waals surface area contributed by atoms with Crippen molar-refractivity contribution in [3.05, 3.63) is 0 Å². The lowest BCUT2D eigenvalue weighted by atomic mass is 9.99. The molecule has 2 aliphatic carbocycles. The molecule has 0 aromatic rings. The molecule has 2 aliphatic rings. The Bertz CT molecular complexity index is 485. The fourth-order valence-electron chi connectivity index (χ4n) is 3.01. The second-order valence-corrected chi connectivity index (χ2v) is 9.85. The van der Waals surface area contributed by atoms with E-state index in [1.165, 1.54) is 44.9 Å². The third kappa shape index (κ3) is 6.62. The van der Waals surface area contributed by atoms with E-state index < -0.39 is 15.6 Å². The fraction of sp³-hybridized carbons (Fsp3) is 0.929. The molecule has 0 radical (unpaired) electrons. The molecule has 2 rings (SSSR count). The molecule has 2 unspecified atom stereocenters. The van der Waals surface area contributed by atoms with Crippen molar-refractivity contribution in [3.8, 4) is 0 Å². The first-order valence-corrected chi connectivity index (χ1v) is 10.9. The van der Waals surface area contributed by atoms with Crippen LogP contribution in [0.25, 0.3) is 0 Å². The molecule has 0 spiro atoms. The van der Waals surface area contributed by atoms with Crippen LogP contribution in [0.5, 0.6) is 0 Å². The number of hydrogen-bond acceptors (Lipinski definition) is 3. The molecular weight excluding hydrogens is 353 g/mol. The predicted octanol–water partition coefficient (Wildman–Crippen LogP) is 3.47. The zero-order valence-corrected chi connectivity index (χ0v) is 14.8. The first kappa shape index (κ1) is 20.8. The lowest BCUT2D eigenvalue weighted by Crippen LogP contribution is -2.39. The summed E-state index contributed by atoms with van der Waals surface area (Å²) in [6.07, 6.45) is 13.9. The minimum Gasteiger partial charge on any atom is -0.294 e. The van der Waals surface area contributed by atoms with Crippen LogP contribution in [-0.4, -0.2) is 41.0 Å². The van der Waals surface area contributed by atoms with Crippen molar-refractivity contribution >= 4 is 26.8 Å². The maximum atomic E-state index is 11.9. The molecule has 0 amide bonds. The Hall–Kier alpha value is -0.280. The highest BCUT2D eigenvalue weighted by molar-refractivity contribution is 7.98. The van der Waals surface area contributed by atoms with Gasteiger partial charge in [0.2, 0.25) is 0 Å². The molecule has 0 aromatic carbocycles. The van der Waals surface area contributed by atoms with Crippen LogP contribution in [-0.2, 0) is 25.8 Å². The van der Waals surface area contributed by atoms with Gasteiger partial charge in [-0.2, -0.15) is 21.6 Å². The second-order valence-electron chi connectivity index (χ2n) is 5.99. The molecule has 1 N–H and O–H groups in total. The average molecular weight is 377 g/mol. The number of carbonyl (C=O) groups excluding carboxylic acids is 1. The summed E-state index contributed by atoms with van der Waals surface area (Å²) in [4.78, 5) is 11.9. The van der Waals surface area contributed by atoms with E-state index in [9.17, 15) is 18.0 Å². The van der Waals surface area contributed by atoms with Crippen LogP contribution in [0.1, 0.15) is 57.8 Å². The predicted molar refractivity (Wildman–Crippen MR) is 85.0 cm³/mol. The maximum absolute atomic E-state index is 11.9. The summed E-state index contributed by atoms with van der Waals surface area (Å²) >= 11 is 0. The van der Waals surface area contributed by atoms with Crippen molar-refractivity contribution in [2.24, 2.45) is 0 Å². The number of hydrogen-bond donors (Lipinski definition) is 1. The number of carbonyl (C=O) groups is 1. The summed E-state index contributed by atoms with van der Waals surface area (Å²) in [5.74, 6) is 0.581. The van der Waals surface area contributed by atoms with Gasteiger partial charge in [0.05, 0.1) is 6.26 Å². The van der Waals surface area contributed by atoms with Gasteiger partial charge < -0.3 is 0 Å². The lowest BCUT2D eigenvalue weighted by Gasteiger charge is -2.27. The van der Waals surface area contributed by atoms with E-state index >= 15 is 0 Å². The quantitative estimate of drug-likeness (QED) is 0.454. The monoisotopic (exact) mass is 377 g/mol. The Balaban J connectivity index is 0.000000284. The molecule has 9 heteroatoms. The summed E-state index contributed by atoms with van der Waals surface area (Å²) in [6.45, 7) is 0. The van der Waals surface area contributed by atoms with Gasteiger partial charge >= 0.3 is 15.6 Å². The first-order chi connectivity index (χ1) is 10.5. The van der Waals surface area contributed by atoms with Gasteiger partial charge in [-0.1, -0.05) is 6.42 Å². The molecule has 0 saturated heterocycles. The molecule has 0 aromatic heterocycles. The van der Waals surface area contributed by atoms with Crippen LogP contribution in [0.15, 0.2) is 0 Å². The highest BCUT2D eigenvalue weighted by Crippen LogP contribution is 2.31. The zero-order valence-electron chi connectivity index (χ0n) is 13.1. The van der Waals surface area contributed by atoms with Crippen LogP contribution < -0.4 is 0 Å². The normalized spacial score (nSPS) is 25.4. The van der Waals surface area contributed by atoms with Crippen LogP contribution in [0.4, 0.5) is 13.2 Å². The van der Waals surface area contributed by atoms with Gasteiger partial charge in [0.15, 0.2) is 11.0 Å². The topological polar surface area (TPSA) is 71.4 Å². The first-order valence-electron chi connectivity index (χ1n) is 7.74. The van der Waals surface area contributed by atoms with E-state index in [1.54, 1.807) is 0 Å². The Morgan fingerprint density at radius 2 is 1.52 bits per heavy atom. The minimum atomic E-state index is -5.84. The van der Waals surface area contributed by atoms with Gasteiger partial charge in [-0.25, -0.2) is 0 Å². The Morgan fingerprint density at radius 3 is 1.96 bits per heavy atom. The minimum absolute atomic E-state index is 0.377. The van der Waals surface area contributed by atoms with Gasteiger partial charge in [0.25, 0.3) is 0 Å². The van der Waals surface area contributed by atoms with Gasteiger partial charge in [0.1, 0.15) is 5.25 Å². The Labute approximate surface area is 138 Å². The lowest BCUT2D eigenvalue weighted by molar-refractivity contribution is -0.119. The fourth-order valence-corrected chi connectivity index (χ4v) is 5.63. The van der Waals surface area contributed by atoms with Crippen molar-refractivity contribution in [2.75, 3.05) is 6.26 Å². The number of halogens is 3. The van der Waals surface area contributed by atoms with E-state index in [4.69, 9.17) is 13.0 Å². The summed E-state index contributed by atoms with van der Waals surface area (Å²) in [5.41, 5.74) is -5.53. The van der Waals surface area contributed by atoms with Crippen molar-refractivity contribution in [1.29, 1.82) is 0 Å². The largest absolute Gasteiger partial charge is 0.522 e. The molecule has 0 bridgehead atoms. The van der Waals surface area contributed by atoms with E-state index in [2.05, 4.69) is 6.26 Å². The van der Waals surface area contributed by atoms with Crippen LogP contribution in [0, 0.1) is 0 Å². The number of alkyl halides is 3. The molecule has 2 atom stereocenters. The summed E-state index contributed by atoms with van der Waals surface area (Å²) in [5, 5.41) is 1.33. The van der Waals surface area contributed by atoms with Crippen LogP contribution in [0.3, 0.4) is 0 Å². The number of ketones is 1. The summed E-state index contributed by atoms with van der Waals surface area (Å²) < 4.78 is 57.5. The summed E-state index contributed by atoms with van der Waals surface area (Å²) in [6, 6.07) is 0. The van der Waals surface area contributed by atoms with Crippen LogP contribution >= 0.6 is 0 Å². The highest BCUT2D eigenvalue weighted by atomic mass is 32.2. The molecule has 2 fully saturated rings. The van der Waals surface area contributed by atoms with Crippen molar-refractivity contribution in [2.45, 2.75) is 73.8 Å². The zero-order chi connectivity index (χ0) is 17.7. The van der Waals surface area contributed by atoms with Crippen molar-refractivity contribution < 1.29 is 30.9 Å². The van der Waals surface area contributed by atoms with Crippen molar-refractivity contribution in [3.63, 3.8) is 0 Å². The third-order valence-electron chi connectivity index (χ3n) is 4.32. The SMILES string of the molecule is C[S+](C1CCCCC1)C1CCCCC1=O.O=S(=O)(O)C(F)(F)F. The van der Waals surface area contributed by atoms with Gasteiger partial charge in [-0.05, 0) is 49.4 Å². The smallest absolute Gasteiger partial charge is 0.294 e. The van der Waals surface area contributed by atoms with E-state index in [0.717, 1.165) is 18.1 Å². The molecule has 136 valence electrons. The van der Waals surface area contributed by atoms with Gasteiger partial charge in [0, 0.05) is 12.8 Å². The summed E-state index contributed by atoms with van der Waals surface area (Å²) in [7, 11) is -5.46. The standard InChI is InChI=1S/C13H23OS.CHF3O3S/c1-15(11-7-3-2-4-8-11)13-10-6-5-9-12(13)14;2-1(3,4)8(5,6)7/h11,13H,2-10H2,1H3;(H,5,6,7)/q+1;. The van der Waals surface area contributed by atoms with E-state index in [-0.39, 0.29) is 0 Å². The highest BCUT2D eigenvalue weighted by Gasteiger charge is 2.44. The average Bonchev–Trinajstić information content (AvgIpc) is 2.46. The van der Waals surface area contributed by atoms with Gasteiger partial charge in [-0.3, -0.25) is 9.35 Å². The maximum Gasteiger partial charge on any atom is 0.522 e. The Kier molecular flexibility index (Phi) is 7.86.